The van der Waals surface area contributed by atoms with E-state index in [0.717, 1.165) is 32.0 Å². The minimum atomic E-state index is -4.30. The number of aliphatic hydroxyl groups is 1. The molecule has 0 spiro atoms. The Morgan fingerprint density at radius 3 is 2.45 bits per heavy atom. The molecule has 3 nitrogen and oxygen atoms in total. The van der Waals surface area contributed by atoms with Crippen molar-refractivity contribution in [3.05, 3.63) is 29.8 Å². The van der Waals surface area contributed by atoms with Gasteiger partial charge in [0.1, 0.15) is 0 Å². The van der Waals surface area contributed by atoms with Crippen LogP contribution in [0.25, 0.3) is 0 Å². The van der Waals surface area contributed by atoms with Crippen molar-refractivity contribution < 1.29 is 18.3 Å². The topological polar surface area (TPSA) is 26.7 Å². The summed E-state index contributed by atoms with van der Waals surface area (Å²) in [6.07, 6.45) is -2.88. The summed E-state index contributed by atoms with van der Waals surface area (Å²) < 4.78 is 38.3. The molecule has 1 N–H and O–H groups in total. The molecule has 1 atom stereocenters. The molecule has 1 aliphatic rings. The molecule has 0 saturated carbocycles. The summed E-state index contributed by atoms with van der Waals surface area (Å²) in [6, 6.07) is 5.48. The van der Waals surface area contributed by atoms with Gasteiger partial charge in [-0.1, -0.05) is 19.4 Å². The van der Waals surface area contributed by atoms with Crippen LogP contribution < -0.4 is 4.90 Å². The molecule has 1 unspecified atom stereocenters. The van der Waals surface area contributed by atoms with Crippen molar-refractivity contribution in [1.82, 2.24) is 4.90 Å². The Balaban J connectivity index is 1.92. The lowest BCUT2D eigenvalue weighted by molar-refractivity contribution is -0.137. The number of anilines is 1. The standard InChI is InChI=1S/C16H23F3N2O/c1-2-4-15(22)12-20-7-9-21(10-8-20)14-6-3-5-13(11-14)16(17,18)19/h3,5-6,11,15,22H,2,4,7-10,12H2,1H3. The molecule has 1 heterocycles. The van der Waals surface area contributed by atoms with Gasteiger partial charge in [-0.15, -0.1) is 0 Å². The fraction of sp³-hybridized carbons (Fsp3) is 0.625. The van der Waals surface area contributed by atoms with E-state index in [9.17, 15) is 18.3 Å². The Morgan fingerprint density at radius 1 is 1.18 bits per heavy atom. The maximum Gasteiger partial charge on any atom is 0.416 e. The Kier molecular flexibility index (Phi) is 5.69. The molecule has 0 bridgehead atoms. The second-order valence-electron chi connectivity index (χ2n) is 5.78. The van der Waals surface area contributed by atoms with Crippen molar-refractivity contribution in [2.45, 2.75) is 32.0 Å². The summed E-state index contributed by atoms with van der Waals surface area (Å²) in [4.78, 5) is 4.14. The van der Waals surface area contributed by atoms with E-state index in [1.807, 2.05) is 11.8 Å². The minimum absolute atomic E-state index is 0.315. The first-order valence-corrected chi connectivity index (χ1v) is 7.72. The predicted molar refractivity (Wildman–Crippen MR) is 81.0 cm³/mol. The van der Waals surface area contributed by atoms with E-state index in [0.29, 0.717) is 25.3 Å². The maximum atomic E-state index is 12.8. The summed E-state index contributed by atoms with van der Waals surface area (Å²) in [5.74, 6) is 0. The molecule has 124 valence electrons. The molecule has 1 fully saturated rings. The Morgan fingerprint density at radius 2 is 1.86 bits per heavy atom. The summed E-state index contributed by atoms with van der Waals surface area (Å²) in [7, 11) is 0. The maximum absolute atomic E-state index is 12.8. The Labute approximate surface area is 129 Å². The van der Waals surface area contributed by atoms with Crippen molar-refractivity contribution >= 4 is 5.69 Å². The fourth-order valence-corrected chi connectivity index (χ4v) is 2.79. The highest BCUT2D eigenvalue weighted by Crippen LogP contribution is 2.31. The van der Waals surface area contributed by atoms with Crippen LogP contribution in [0.1, 0.15) is 25.3 Å². The van der Waals surface area contributed by atoms with Gasteiger partial charge in [-0.2, -0.15) is 13.2 Å². The summed E-state index contributed by atoms with van der Waals surface area (Å²) >= 11 is 0. The lowest BCUT2D eigenvalue weighted by Crippen LogP contribution is -2.48. The first-order valence-electron chi connectivity index (χ1n) is 7.72. The average Bonchev–Trinajstić information content (AvgIpc) is 2.47. The van der Waals surface area contributed by atoms with Gasteiger partial charge in [-0.05, 0) is 24.6 Å². The van der Waals surface area contributed by atoms with Crippen molar-refractivity contribution in [2.24, 2.45) is 0 Å². The molecule has 1 aromatic rings. The van der Waals surface area contributed by atoms with Gasteiger partial charge in [0.25, 0.3) is 0 Å². The number of hydrogen-bond acceptors (Lipinski definition) is 3. The summed E-state index contributed by atoms with van der Waals surface area (Å²) in [5, 5.41) is 9.83. The highest BCUT2D eigenvalue weighted by molar-refractivity contribution is 5.49. The summed E-state index contributed by atoms with van der Waals surface area (Å²) in [5.41, 5.74) is 0.00868. The molecule has 1 saturated heterocycles. The van der Waals surface area contributed by atoms with E-state index in [1.165, 1.54) is 12.1 Å². The van der Waals surface area contributed by atoms with E-state index in [2.05, 4.69) is 4.90 Å². The van der Waals surface area contributed by atoms with Gasteiger partial charge in [-0.3, -0.25) is 4.90 Å². The van der Waals surface area contributed by atoms with Crippen molar-refractivity contribution in [2.75, 3.05) is 37.6 Å². The van der Waals surface area contributed by atoms with Crippen LogP contribution in [0.2, 0.25) is 0 Å². The zero-order chi connectivity index (χ0) is 16.2. The molecule has 2 rings (SSSR count). The smallest absolute Gasteiger partial charge is 0.392 e. The third kappa shape index (κ3) is 4.61. The summed E-state index contributed by atoms with van der Waals surface area (Å²) in [6.45, 7) is 5.56. The second-order valence-corrected chi connectivity index (χ2v) is 5.78. The predicted octanol–water partition coefficient (Wildman–Crippen LogP) is 2.99. The van der Waals surface area contributed by atoms with E-state index in [4.69, 9.17) is 0 Å². The van der Waals surface area contributed by atoms with Gasteiger partial charge >= 0.3 is 6.18 Å². The zero-order valence-electron chi connectivity index (χ0n) is 12.8. The van der Waals surface area contributed by atoms with Gasteiger partial charge < -0.3 is 10.0 Å². The molecule has 1 aromatic carbocycles. The highest BCUT2D eigenvalue weighted by Gasteiger charge is 2.31. The highest BCUT2D eigenvalue weighted by atomic mass is 19.4. The molecule has 22 heavy (non-hydrogen) atoms. The molecule has 0 aromatic heterocycles. The molecule has 1 aliphatic heterocycles. The van der Waals surface area contributed by atoms with E-state index in [-0.39, 0.29) is 6.10 Å². The number of piperazine rings is 1. The van der Waals surface area contributed by atoms with Crippen molar-refractivity contribution in [1.29, 1.82) is 0 Å². The normalized spacial score (nSPS) is 18.5. The monoisotopic (exact) mass is 316 g/mol. The van der Waals surface area contributed by atoms with Crippen LogP contribution in [0.15, 0.2) is 24.3 Å². The second kappa shape index (κ2) is 7.33. The van der Waals surface area contributed by atoms with Gasteiger partial charge in [0, 0.05) is 38.4 Å². The molecule has 0 radical (unpaired) electrons. The zero-order valence-corrected chi connectivity index (χ0v) is 12.8. The molecule has 0 aliphatic carbocycles. The first-order chi connectivity index (χ1) is 10.4. The van der Waals surface area contributed by atoms with Crippen molar-refractivity contribution in [3.63, 3.8) is 0 Å². The number of rotatable bonds is 5. The van der Waals surface area contributed by atoms with E-state index < -0.39 is 11.7 Å². The lowest BCUT2D eigenvalue weighted by Gasteiger charge is -2.37. The van der Waals surface area contributed by atoms with Crippen LogP contribution in [-0.2, 0) is 6.18 Å². The number of alkyl halides is 3. The Hall–Kier alpha value is -1.27. The van der Waals surface area contributed by atoms with Crippen LogP contribution in [-0.4, -0.2) is 48.8 Å². The molecule has 6 heteroatoms. The van der Waals surface area contributed by atoms with Gasteiger partial charge in [0.05, 0.1) is 11.7 Å². The average molecular weight is 316 g/mol. The quantitative estimate of drug-likeness (QED) is 0.905. The number of benzene rings is 1. The number of aliphatic hydroxyl groups excluding tert-OH is 1. The van der Waals surface area contributed by atoms with Gasteiger partial charge in [-0.25, -0.2) is 0 Å². The number of nitrogens with zero attached hydrogens (tertiary/aromatic N) is 2. The van der Waals surface area contributed by atoms with Crippen LogP contribution in [0, 0.1) is 0 Å². The third-order valence-electron chi connectivity index (χ3n) is 4.00. The number of β-amino-alcohol motifs (C(OH)–C–C–N with tert-alkyl or cyclic N) is 1. The third-order valence-corrected chi connectivity index (χ3v) is 4.00. The minimum Gasteiger partial charge on any atom is -0.392 e. The van der Waals surface area contributed by atoms with Gasteiger partial charge in [0.15, 0.2) is 0 Å². The van der Waals surface area contributed by atoms with Crippen LogP contribution in [0.4, 0.5) is 18.9 Å². The molecular formula is C16H23F3N2O. The number of hydrogen-bond donors (Lipinski definition) is 1. The Bertz CT molecular complexity index is 471. The van der Waals surface area contributed by atoms with E-state index in [1.54, 1.807) is 6.07 Å². The largest absolute Gasteiger partial charge is 0.416 e. The van der Waals surface area contributed by atoms with Crippen molar-refractivity contribution in [3.8, 4) is 0 Å². The van der Waals surface area contributed by atoms with E-state index >= 15 is 0 Å². The van der Waals surface area contributed by atoms with Crippen LogP contribution in [0.3, 0.4) is 0 Å². The molecular weight excluding hydrogens is 293 g/mol. The lowest BCUT2D eigenvalue weighted by atomic mass is 10.1. The first kappa shape index (κ1) is 17.1. The fourth-order valence-electron chi connectivity index (χ4n) is 2.79. The van der Waals surface area contributed by atoms with Crippen LogP contribution >= 0.6 is 0 Å². The molecule has 0 amide bonds. The van der Waals surface area contributed by atoms with Crippen LogP contribution in [0.5, 0.6) is 0 Å². The van der Waals surface area contributed by atoms with Gasteiger partial charge in [0.2, 0.25) is 0 Å². The SMILES string of the molecule is CCCC(O)CN1CCN(c2cccc(C(F)(F)F)c2)CC1. The number of halogens is 3.